The summed E-state index contributed by atoms with van der Waals surface area (Å²) in [6, 6.07) is 4.36. The van der Waals surface area contributed by atoms with Gasteiger partial charge in [0.25, 0.3) is 0 Å². The average molecular weight is 411 g/mol. The Morgan fingerprint density at radius 3 is 2.55 bits per heavy atom. The highest BCUT2D eigenvalue weighted by Gasteiger charge is 2.48. The van der Waals surface area contributed by atoms with Crippen molar-refractivity contribution in [3.05, 3.63) is 58.8 Å². The van der Waals surface area contributed by atoms with E-state index < -0.39 is 48.1 Å². The minimum Gasteiger partial charge on any atom is -0.491 e. The Bertz CT molecular complexity index is 1020. The summed E-state index contributed by atoms with van der Waals surface area (Å²) in [7, 11) is 0. The largest absolute Gasteiger partial charge is 0.491 e. The van der Waals surface area contributed by atoms with E-state index >= 15 is 0 Å². The van der Waals surface area contributed by atoms with Gasteiger partial charge in [-0.3, -0.25) is 4.57 Å². The van der Waals surface area contributed by atoms with Crippen molar-refractivity contribution >= 4 is 5.82 Å². The van der Waals surface area contributed by atoms with E-state index in [1.54, 1.807) is 6.08 Å². The molecular formula is C18H16F3N3O5. The molecule has 0 amide bonds. The molecule has 0 bridgehead atoms. The number of nitrogen functional groups attached to an aromatic ring is 1. The van der Waals surface area contributed by atoms with Crippen LogP contribution in [0.25, 0.3) is 11.1 Å². The summed E-state index contributed by atoms with van der Waals surface area (Å²) in [5.74, 6) is -0.277. The van der Waals surface area contributed by atoms with Gasteiger partial charge in [0.15, 0.2) is 6.23 Å². The summed E-state index contributed by atoms with van der Waals surface area (Å²) in [6.07, 6.45) is -6.09. The van der Waals surface area contributed by atoms with Gasteiger partial charge in [-0.1, -0.05) is 12.1 Å². The molecule has 1 fully saturated rings. The highest BCUT2D eigenvalue weighted by Crippen LogP contribution is 2.36. The van der Waals surface area contributed by atoms with Gasteiger partial charge in [0.2, 0.25) is 0 Å². The second kappa shape index (κ2) is 6.87. The maximum atomic E-state index is 13.0. The number of aliphatic hydroxyl groups is 2. The molecule has 3 heterocycles. The van der Waals surface area contributed by atoms with Crippen molar-refractivity contribution in [1.29, 1.82) is 0 Å². The third kappa shape index (κ3) is 3.37. The van der Waals surface area contributed by atoms with Crippen molar-refractivity contribution in [3.63, 3.8) is 0 Å². The SMILES string of the molecule is Nc1nc(=O)n([C@@H]2O[C@H](C3C=CO3)[C@@H](O)[C@H]2O)cc1-c1cccc(C(F)(F)F)c1. The first-order chi connectivity index (χ1) is 13.7. The second-order valence-corrected chi connectivity index (χ2v) is 6.71. The molecule has 2 aromatic rings. The molecule has 11 heteroatoms. The van der Waals surface area contributed by atoms with Gasteiger partial charge in [-0.05, 0) is 23.8 Å². The molecule has 29 heavy (non-hydrogen) atoms. The van der Waals surface area contributed by atoms with Crippen LogP contribution in [0.4, 0.5) is 19.0 Å². The zero-order valence-corrected chi connectivity index (χ0v) is 14.7. The minimum atomic E-state index is -4.56. The third-order valence-electron chi connectivity index (χ3n) is 4.86. The number of hydrogen-bond acceptors (Lipinski definition) is 7. The monoisotopic (exact) mass is 411 g/mol. The highest BCUT2D eigenvalue weighted by molar-refractivity contribution is 5.73. The van der Waals surface area contributed by atoms with Crippen LogP contribution >= 0.6 is 0 Å². The fraction of sp³-hybridized carbons (Fsp3) is 0.333. The molecule has 1 aromatic heterocycles. The van der Waals surface area contributed by atoms with Gasteiger partial charge < -0.3 is 25.4 Å². The van der Waals surface area contributed by atoms with E-state index in [1.165, 1.54) is 18.4 Å². The lowest BCUT2D eigenvalue weighted by atomic mass is 10.0. The number of halogens is 3. The minimum absolute atomic E-state index is 0.0456. The fourth-order valence-corrected chi connectivity index (χ4v) is 3.29. The van der Waals surface area contributed by atoms with E-state index in [4.69, 9.17) is 15.2 Å². The topological polar surface area (TPSA) is 120 Å². The van der Waals surface area contributed by atoms with E-state index in [0.29, 0.717) is 0 Å². The van der Waals surface area contributed by atoms with E-state index in [9.17, 15) is 28.2 Å². The first-order valence-electron chi connectivity index (χ1n) is 8.57. The third-order valence-corrected chi connectivity index (χ3v) is 4.86. The average Bonchev–Trinajstić information content (AvgIpc) is 2.89. The molecule has 2 aliphatic rings. The van der Waals surface area contributed by atoms with Crippen LogP contribution in [0, 0.1) is 0 Å². The van der Waals surface area contributed by atoms with Crippen molar-refractivity contribution in [2.24, 2.45) is 0 Å². The number of rotatable bonds is 3. The Labute approximate surface area is 161 Å². The Hall–Kier alpha value is -2.89. The second-order valence-electron chi connectivity index (χ2n) is 6.71. The summed E-state index contributed by atoms with van der Waals surface area (Å²) in [5.41, 5.74) is 4.10. The first-order valence-corrected chi connectivity index (χ1v) is 8.57. The fourth-order valence-electron chi connectivity index (χ4n) is 3.29. The van der Waals surface area contributed by atoms with Crippen LogP contribution in [0.15, 0.2) is 47.6 Å². The molecule has 0 aliphatic carbocycles. The van der Waals surface area contributed by atoms with E-state index in [1.807, 2.05) is 0 Å². The summed E-state index contributed by atoms with van der Waals surface area (Å²) in [5, 5.41) is 20.5. The summed E-state index contributed by atoms with van der Waals surface area (Å²) in [6.45, 7) is 0. The lowest BCUT2D eigenvalue weighted by Crippen LogP contribution is -2.41. The summed E-state index contributed by atoms with van der Waals surface area (Å²) in [4.78, 5) is 16.0. The van der Waals surface area contributed by atoms with Crippen molar-refractivity contribution in [2.75, 3.05) is 5.73 Å². The van der Waals surface area contributed by atoms with E-state index in [2.05, 4.69) is 4.98 Å². The van der Waals surface area contributed by atoms with E-state index in [-0.39, 0.29) is 16.9 Å². The van der Waals surface area contributed by atoms with Crippen LogP contribution in [-0.2, 0) is 15.7 Å². The standard InChI is InChI=1S/C18H16F3N3O5/c19-18(20,21)9-3-1-2-8(6-9)10-7-24(17(27)23-15(10)22)16-13(26)12(25)14(29-16)11-4-5-28-11/h1-7,11-14,16,25-26H,(H2,22,23,27)/t11?,12-,13+,14+,16+/m0/s1. The predicted molar refractivity (Wildman–Crippen MR) is 93.3 cm³/mol. The van der Waals surface area contributed by atoms with Crippen molar-refractivity contribution in [2.45, 2.75) is 36.8 Å². The van der Waals surface area contributed by atoms with Gasteiger partial charge >= 0.3 is 11.9 Å². The lowest BCUT2D eigenvalue weighted by Gasteiger charge is -2.27. The maximum absolute atomic E-state index is 13.0. The molecule has 1 saturated heterocycles. The lowest BCUT2D eigenvalue weighted by molar-refractivity contribution is -0.137. The number of anilines is 1. The number of aromatic nitrogens is 2. The molecule has 1 aromatic carbocycles. The predicted octanol–water partition coefficient (Wildman–Crippen LogP) is 1.04. The van der Waals surface area contributed by atoms with Gasteiger partial charge in [-0.25, -0.2) is 4.79 Å². The molecule has 0 radical (unpaired) electrons. The molecule has 2 aliphatic heterocycles. The first kappa shape index (κ1) is 19.4. The Kier molecular flexibility index (Phi) is 4.60. The van der Waals surface area contributed by atoms with Crippen LogP contribution in [-0.4, -0.2) is 44.2 Å². The molecule has 154 valence electrons. The molecule has 0 spiro atoms. The molecule has 5 atom stereocenters. The zero-order chi connectivity index (χ0) is 20.9. The van der Waals surface area contributed by atoms with Gasteiger partial charge in [0.05, 0.1) is 11.8 Å². The van der Waals surface area contributed by atoms with Crippen molar-refractivity contribution in [3.8, 4) is 11.1 Å². The van der Waals surface area contributed by atoms with Crippen LogP contribution in [0.5, 0.6) is 0 Å². The number of nitrogens with zero attached hydrogens (tertiary/aromatic N) is 2. The molecular weight excluding hydrogens is 395 g/mol. The van der Waals surface area contributed by atoms with Gasteiger partial charge in [0, 0.05) is 11.8 Å². The highest BCUT2D eigenvalue weighted by atomic mass is 19.4. The Morgan fingerprint density at radius 1 is 1.21 bits per heavy atom. The van der Waals surface area contributed by atoms with E-state index in [0.717, 1.165) is 22.9 Å². The molecule has 0 saturated carbocycles. The van der Waals surface area contributed by atoms with Crippen LogP contribution in [0.1, 0.15) is 11.8 Å². The molecule has 8 nitrogen and oxygen atoms in total. The Morgan fingerprint density at radius 2 is 1.93 bits per heavy atom. The molecule has 1 unspecified atom stereocenters. The Balaban J connectivity index is 1.74. The van der Waals surface area contributed by atoms with Gasteiger partial charge in [-0.15, -0.1) is 0 Å². The van der Waals surface area contributed by atoms with Gasteiger partial charge in [0.1, 0.15) is 30.2 Å². The number of hydrogen-bond donors (Lipinski definition) is 3. The quantitative estimate of drug-likeness (QED) is 0.690. The van der Waals surface area contributed by atoms with Gasteiger partial charge in [-0.2, -0.15) is 18.2 Å². The van der Waals surface area contributed by atoms with Crippen molar-refractivity contribution in [1.82, 2.24) is 9.55 Å². The molecule has 4 N–H and O–H groups in total. The number of benzene rings is 1. The normalized spacial score (nSPS) is 28.8. The number of nitrogens with two attached hydrogens (primary N) is 1. The summed E-state index contributed by atoms with van der Waals surface area (Å²) >= 11 is 0. The molecule has 4 rings (SSSR count). The number of aliphatic hydroxyl groups excluding tert-OH is 2. The van der Waals surface area contributed by atoms with Crippen molar-refractivity contribution < 1.29 is 32.9 Å². The van der Waals surface area contributed by atoms with Crippen LogP contribution in [0.2, 0.25) is 0 Å². The maximum Gasteiger partial charge on any atom is 0.416 e. The number of alkyl halides is 3. The zero-order valence-electron chi connectivity index (χ0n) is 14.7. The van der Waals surface area contributed by atoms with Crippen LogP contribution in [0.3, 0.4) is 0 Å². The van der Waals surface area contributed by atoms with Crippen LogP contribution < -0.4 is 11.4 Å². The summed E-state index contributed by atoms with van der Waals surface area (Å²) < 4.78 is 50.7. The smallest absolute Gasteiger partial charge is 0.416 e. The number of ether oxygens (including phenoxy) is 2.